The third-order valence-electron chi connectivity index (χ3n) is 4.32. The number of aromatic nitrogens is 2. The third-order valence-corrected chi connectivity index (χ3v) is 4.32. The van der Waals surface area contributed by atoms with E-state index in [0.29, 0.717) is 42.4 Å². The summed E-state index contributed by atoms with van der Waals surface area (Å²) in [4.78, 5) is 23.2. The Hall–Kier alpha value is -3.28. The molecule has 1 amide bonds. The molecule has 28 heavy (non-hydrogen) atoms. The summed E-state index contributed by atoms with van der Waals surface area (Å²) in [5, 5.41) is 2.80. The molecule has 0 unspecified atom stereocenters. The van der Waals surface area contributed by atoms with Crippen LogP contribution in [-0.4, -0.2) is 29.5 Å². The Labute approximate surface area is 164 Å². The van der Waals surface area contributed by atoms with Crippen molar-refractivity contribution in [2.24, 2.45) is 0 Å². The maximum atomic E-state index is 13.7. The van der Waals surface area contributed by atoms with Crippen molar-refractivity contribution >= 4 is 11.9 Å². The number of benzene rings is 2. The van der Waals surface area contributed by atoms with Crippen LogP contribution in [0.4, 0.5) is 10.3 Å². The zero-order valence-corrected chi connectivity index (χ0v) is 16.0. The molecule has 0 radical (unpaired) electrons. The fourth-order valence-corrected chi connectivity index (χ4v) is 2.87. The van der Waals surface area contributed by atoms with Crippen molar-refractivity contribution in [2.75, 3.05) is 18.5 Å². The van der Waals surface area contributed by atoms with Crippen LogP contribution in [0.3, 0.4) is 0 Å². The summed E-state index contributed by atoms with van der Waals surface area (Å²) in [5.41, 5.74) is 2.72. The molecule has 1 N–H and O–H groups in total. The Bertz CT molecular complexity index is 946. The molecule has 0 aliphatic rings. The molecule has 1 aromatic heterocycles. The summed E-state index contributed by atoms with van der Waals surface area (Å²) >= 11 is 0. The van der Waals surface area contributed by atoms with Crippen LogP contribution in [-0.2, 0) is 13.0 Å². The van der Waals surface area contributed by atoms with Gasteiger partial charge in [-0.2, -0.15) is 0 Å². The van der Waals surface area contributed by atoms with Gasteiger partial charge in [0.15, 0.2) is 0 Å². The summed E-state index contributed by atoms with van der Waals surface area (Å²) in [5.74, 6) is -0.0706. The highest BCUT2D eigenvalue weighted by atomic mass is 19.1. The monoisotopic (exact) mass is 378 g/mol. The number of hydrogen-bond donors (Lipinski definition) is 1. The maximum absolute atomic E-state index is 13.7. The van der Waals surface area contributed by atoms with Crippen molar-refractivity contribution < 1.29 is 9.18 Å². The van der Waals surface area contributed by atoms with Crippen LogP contribution in [0.25, 0.3) is 0 Å². The molecule has 5 nitrogen and oxygen atoms in total. The molecule has 0 aliphatic heterocycles. The number of rotatable bonds is 7. The van der Waals surface area contributed by atoms with E-state index in [4.69, 9.17) is 0 Å². The number of nitrogens with zero attached hydrogens (tertiary/aromatic N) is 3. The number of anilines is 1. The Morgan fingerprint density at radius 3 is 2.54 bits per heavy atom. The van der Waals surface area contributed by atoms with E-state index in [1.54, 1.807) is 24.3 Å². The minimum Gasteiger partial charge on any atom is -0.350 e. The molecule has 0 saturated carbocycles. The fraction of sp³-hybridized carbons (Fsp3) is 0.227. The lowest BCUT2D eigenvalue weighted by molar-refractivity contribution is 0.0949. The molecule has 3 aromatic rings. The first-order chi connectivity index (χ1) is 13.5. The van der Waals surface area contributed by atoms with Gasteiger partial charge in [0.1, 0.15) is 11.5 Å². The van der Waals surface area contributed by atoms with Crippen LogP contribution in [0.5, 0.6) is 0 Å². The number of carbonyl (C=O) groups is 1. The van der Waals surface area contributed by atoms with Crippen LogP contribution >= 0.6 is 0 Å². The second kappa shape index (κ2) is 9.08. The van der Waals surface area contributed by atoms with Crippen molar-refractivity contribution in [3.63, 3.8) is 0 Å². The van der Waals surface area contributed by atoms with Crippen LogP contribution in [0, 0.1) is 12.7 Å². The van der Waals surface area contributed by atoms with Gasteiger partial charge in [-0.25, -0.2) is 14.4 Å². The number of aryl methyl sites for hydroxylation is 1. The molecule has 0 bridgehead atoms. The van der Waals surface area contributed by atoms with Gasteiger partial charge in [-0.3, -0.25) is 4.79 Å². The molecule has 6 heteroatoms. The molecule has 144 valence electrons. The van der Waals surface area contributed by atoms with Gasteiger partial charge < -0.3 is 10.2 Å². The zero-order chi connectivity index (χ0) is 19.9. The van der Waals surface area contributed by atoms with E-state index in [1.165, 1.54) is 6.07 Å². The minimum absolute atomic E-state index is 0.264. The normalized spacial score (nSPS) is 10.5. The van der Waals surface area contributed by atoms with E-state index in [2.05, 4.69) is 15.3 Å². The van der Waals surface area contributed by atoms with Gasteiger partial charge in [0.2, 0.25) is 5.95 Å². The van der Waals surface area contributed by atoms with Crippen molar-refractivity contribution in [3.8, 4) is 0 Å². The van der Waals surface area contributed by atoms with E-state index in [-0.39, 0.29) is 11.7 Å². The quantitative estimate of drug-likeness (QED) is 0.683. The first-order valence-electron chi connectivity index (χ1n) is 9.15. The van der Waals surface area contributed by atoms with Gasteiger partial charge in [0.25, 0.3) is 5.91 Å². The van der Waals surface area contributed by atoms with E-state index in [1.807, 2.05) is 49.2 Å². The molecule has 0 aliphatic carbocycles. The average Bonchev–Trinajstić information content (AvgIpc) is 2.69. The van der Waals surface area contributed by atoms with Crippen LogP contribution in [0.1, 0.15) is 27.3 Å². The smallest absolute Gasteiger partial charge is 0.270 e. The van der Waals surface area contributed by atoms with Crippen molar-refractivity contribution in [3.05, 3.63) is 89.0 Å². The lowest BCUT2D eigenvalue weighted by Gasteiger charge is -2.18. The number of nitrogens with one attached hydrogen (secondary N) is 1. The molecule has 0 saturated heterocycles. The number of carbonyl (C=O) groups excluding carboxylic acids is 1. The van der Waals surface area contributed by atoms with Gasteiger partial charge in [0, 0.05) is 25.8 Å². The van der Waals surface area contributed by atoms with Gasteiger partial charge in [0.05, 0.1) is 0 Å². The lowest BCUT2D eigenvalue weighted by atomic mass is 10.1. The highest BCUT2D eigenvalue weighted by molar-refractivity contribution is 5.92. The predicted molar refractivity (Wildman–Crippen MR) is 108 cm³/mol. The first-order valence-corrected chi connectivity index (χ1v) is 9.15. The summed E-state index contributed by atoms with van der Waals surface area (Å²) in [6, 6.07) is 18.2. The summed E-state index contributed by atoms with van der Waals surface area (Å²) in [7, 11) is 1.89. The molecular formula is C22H23FN4O. The Balaban J connectivity index is 1.65. The molecule has 0 spiro atoms. The standard InChI is InChI=1S/C22H23FN4O/c1-16-14-20(21(28)24-13-12-18-10-6-7-11-19(18)23)26-22(25-16)27(2)15-17-8-4-3-5-9-17/h3-11,14H,12-13,15H2,1-2H3,(H,24,28). The second-order valence-corrected chi connectivity index (χ2v) is 6.63. The lowest BCUT2D eigenvalue weighted by Crippen LogP contribution is -2.28. The fourth-order valence-electron chi connectivity index (χ4n) is 2.87. The summed E-state index contributed by atoms with van der Waals surface area (Å²) in [6.07, 6.45) is 0.420. The van der Waals surface area contributed by atoms with Gasteiger partial charge in [-0.15, -0.1) is 0 Å². The van der Waals surface area contributed by atoms with Gasteiger partial charge in [-0.05, 0) is 36.6 Å². The predicted octanol–water partition coefficient (Wildman–Crippen LogP) is 3.53. The van der Waals surface area contributed by atoms with E-state index < -0.39 is 0 Å². The van der Waals surface area contributed by atoms with Gasteiger partial charge in [-0.1, -0.05) is 48.5 Å². The van der Waals surface area contributed by atoms with E-state index in [9.17, 15) is 9.18 Å². The topological polar surface area (TPSA) is 58.1 Å². The SMILES string of the molecule is Cc1cc(C(=O)NCCc2ccccc2F)nc(N(C)Cc2ccccc2)n1. The van der Waals surface area contributed by atoms with Crippen molar-refractivity contribution in [1.29, 1.82) is 0 Å². The Morgan fingerprint density at radius 2 is 1.79 bits per heavy atom. The summed E-state index contributed by atoms with van der Waals surface area (Å²) < 4.78 is 13.7. The van der Waals surface area contributed by atoms with E-state index in [0.717, 1.165) is 5.56 Å². The minimum atomic E-state index is -0.295. The number of amides is 1. The first kappa shape index (κ1) is 19.5. The number of halogens is 1. The molecule has 2 aromatic carbocycles. The van der Waals surface area contributed by atoms with Crippen LogP contribution in [0.2, 0.25) is 0 Å². The number of hydrogen-bond acceptors (Lipinski definition) is 4. The van der Waals surface area contributed by atoms with Crippen LogP contribution in [0.15, 0.2) is 60.7 Å². The summed E-state index contributed by atoms with van der Waals surface area (Å²) in [6.45, 7) is 2.80. The highest BCUT2D eigenvalue weighted by Gasteiger charge is 2.13. The van der Waals surface area contributed by atoms with Gasteiger partial charge >= 0.3 is 0 Å². The maximum Gasteiger partial charge on any atom is 0.270 e. The zero-order valence-electron chi connectivity index (χ0n) is 16.0. The molecule has 0 fully saturated rings. The Morgan fingerprint density at radius 1 is 1.07 bits per heavy atom. The molecule has 0 atom stereocenters. The molecule has 3 rings (SSSR count). The van der Waals surface area contributed by atoms with E-state index >= 15 is 0 Å². The van der Waals surface area contributed by atoms with Crippen LogP contribution < -0.4 is 10.2 Å². The van der Waals surface area contributed by atoms with Crippen molar-refractivity contribution in [2.45, 2.75) is 19.9 Å². The highest BCUT2D eigenvalue weighted by Crippen LogP contribution is 2.13. The molecular weight excluding hydrogens is 355 g/mol. The van der Waals surface area contributed by atoms with Crippen molar-refractivity contribution in [1.82, 2.24) is 15.3 Å². The largest absolute Gasteiger partial charge is 0.350 e. The average molecular weight is 378 g/mol. The second-order valence-electron chi connectivity index (χ2n) is 6.63. The molecule has 1 heterocycles. The Kier molecular flexibility index (Phi) is 6.32. The third kappa shape index (κ3) is 5.13.